The Morgan fingerprint density at radius 3 is 2.71 bits per heavy atom. The summed E-state index contributed by atoms with van der Waals surface area (Å²) in [5.74, 6) is 0. The van der Waals surface area contributed by atoms with Crippen molar-refractivity contribution in [1.82, 2.24) is 0 Å². The first kappa shape index (κ1) is 12.6. The van der Waals surface area contributed by atoms with Crippen LogP contribution in [0, 0.1) is 0 Å². The summed E-state index contributed by atoms with van der Waals surface area (Å²) < 4.78 is 1.05. The van der Waals surface area contributed by atoms with Crippen molar-refractivity contribution in [1.29, 1.82) is 0 Å². The van der Waals surface area contributed by atoms with E-state index in [4.69, 9.17) is 0 Å². The largest absolute Gasteiger partial charge is 0.334 e. The van der Waals surface area contributed by atoms with Gasteiger partial charge in [-0.2, -0.15) is 0 Å². The van der Waals surface area contributed by atoms with E-state index in [2.05, 4.69) is 30.0 Å². The van der Waals surface area contributed by atoms with Crippen LogP contribution in [0.3, 0.4) is 0 Å². The normalized spacial score (nSPS) is 17.2. The second-order valence-electron chi connectivity index (χ2n) is 5.50. The average molecular weight is 293 g/mol. The first-order valence-corrected chi connectivity index (χ1v) is 8.01. The Morgan fingerprint density at radius 2 is 1.81 bits per heavy atom. The lowest BCUT2D eigenvalue weighted by atomic mass is 10.1. The number of benzene rings is 2. The van der Waals surface area contributed by atoms with Gasteiger partial charge in [-0.15, -0.1) is 11.3 Å². The lowest BCUT2D eigenvalue weighted by Crippen LogP contribution is -2.28. The second kappa shape index (κ2) is 4.71. The third-order valence-electron chi connectivity index (χ3n) is 4.13. The molecule has 4 rings (SSSR count). The van der Waals surface area contributed by atoms with Gasteiger partial charge in [0.25, 0.3) is 0 Å². The molecule has 1 aromatic heterocycles. The number of nitrogens with zero attached hydrogens (tertiary/aromatic N) is 1. The predicted molar refractivity (Wildman–Crippen MR) is 89.8 cm³/mol. The van der Waals surface area contributed by atoms with Gasteiger partial charge >= 0.3 is 0 Å². The van der Waals surface area contributed by atoms with Gasteiger partial charge < -0.3 is 4.90 Å². The highest BCUT2D eigenvalue weighted by molar-refractivity contribution is 7.16. The Bertz CT molecular complexity index is 884. The Hall–Kier alpha value is -2.13. The Labute approximate surface area is 127 Å². The molecule has 0 spiro atoms. The molecule has 1 atom stereocenters. The molecular weight excluding hydrogens is 278 g/mol. The van der Waals surface area contributed by atoms with Crippen LogP contribution in [-0.4, -0.2) is 6.04 Å². The minimum Gasteiger partial charge on any atom is -0.334 e. The number of rotatable bonds is 1. The number of hydrogen-bond donors (Lipinski definition) is 0. The van der Waals surface area contributed by atoms with Crippen molar-refractivity contribution in [3.05, 3.63) is 69.7 Å². The average Bonchev–Trinajstić information content (AvgIpc) is 2.84. The third-order valence-corrected chi connectivity index (χ3v) is 5.08. The molecule has 1 aliphatic heterocycles. The fourth-order valence-corrected chi connectivity index (χ4v) is 4.07. The van der Waals surface area contributed by atoms with E-state index in [0.29, 0.717) is 6.04 Å². The lowest BCUT2D eigenvalue weighted by molar-refractivity contribution is 0.758. The van der Waals surface area contributed by atoms with E-state index in [0.717, 1.165) is 22.2 Å². The van der Waals surface area contributed by atoms with Crippen LogP contribution in [0.15, 0.2) is 58.7 Å². The first-order valence-electron chi connectivity index (χ1n) is 7.13. The third kappa shape index (κ3) is 1.88. The van der Waals surface area contributed by atoms with Crippen LogP contribution in [0.25, 0.3) is 10.1 Å². The van der Waals surface area contributed by atoms with Crippen molar-refractivity contribution in [3.63, 3.8) is 0 Å². The highest BCUT2D eigenvalue weighted by Gasteiger charge is 2.28. The Balaban J connectivity index is 1.95. The van der Waals surface area contributed by atoms with Crippen LogP contribution in [-0.2, 0) is 6.42 Å². The van der Waals surface area contributed by atoms with Gasteiger partial charge in [-0.05, 0) is 37.1 Å². The van der Waals surface area contributed by atoms with Gasteiger partial charge in [0, 0.05) is 27.2 Å². The topological polar surface area (TPSA) is 20.3 Å². The summed E-state index contributed by atoms with van der Waals surface area (Å²) in [7, 11) is 0. The second-order valence-corrected chi connectivity index (χ2v) is 6.41. The first-order chi connectivity index (χ1) is 10.3. The minimum atomic E-state index is 0.132. The van der Waals surface area contributed by atoms with Crippen LogP contribution in [0.1, 0.15) is 12.5 Å². The molecule has 2 heterocycles. The lowest BCUT2D eigenvalue weighted by Gasteiger charge is -2.24. The van der Waals surface area contributed by atoms with E-state index in [1.54, 1.807) is 11.3 Å². The van der Waals surface area contributed by atoms with Gasteiger partial charge in [0.1, 0.15) is 5.69 Å². The molecule has 0 radical (unpaired) electrons. The number of para-hydroxylation sites is 1. The van der Waals surface area contributed by atoms with Crippen molar-refractivity contribution >= 4 is 32.8 Å². The van der Waals surface area contributed by atoms with Gasteiger partial charge in [0.2, 0.25) is 5.43 Å². The van der Waals surface area contributed by atoms with E-state index < -0.39 is 0 Å². The maximum atomic E-state index is 12.8. The van der Waals surface area contributed by atoms with Crippen LogP contribution >= 0.6 is 11.3 Å². The zero-order valence-electron chi connectivity index (χ0n) is 11.7. The quantitative estimate of drug-likeness (QED) is 0.665. The van der Waals surface area contributed by atoms with Crippen LogP contribution in [0.2, 0.25) is 0 Å². The molecule has 0 aliphatic carbocycles. The van der Waals surface area contributed by atoms with E-state index in [-0.39, 0.29) is 5.43 Å². The van der Waals surface area contributed by atoms with Gasteiger partial charge in [0.05, 0.1) is 0 Å². The van der Waals surface area contributed by atoms with Gasteiger partial charge in [0.15, 0.2) is 0 Å². The number of anilines is 2. The predicted octanol–water partition coefficient (Wildman–Crippen LogP) is 4.34. The molecule has 0 saturated carbocycles. The van der Waals surface area contributed by atoms with Gasteiger partial charge in [-0.3, -0.25) is 4.79 Å². The molecule has 0 saturated heterocycles. The highest BCUT2D eigenvalue weighted by atomic mass is 32.1. The molecule has 104 valence electrons. The van der Waals surface area contributed by atoms with Gasteiger partial charge in [-0.1, -0.05) is 30.3 Å². The van der Waals surface area contributed by atoms with Crippen molar-refractivity contribution in [3.8, 4) is 0 Å². The summed E-state index contributed by atoms with van der Waals surface area (Å²) in [4.78, 5) is 15.0. The SMILES string of the molecule is CC1Cc2ccccc2N1c1csc2ccccc2c1=O. The van der Waals surface area contributed by atoms with Crippen LogP contribution in [0.4, 0.5) is 11.4 Å². The monoisotopic (exact) mass is 293 g/mol. The molecule has 2 nitrogen and oxygen atoms in total. The molecule has 0 amide bonds. The fraction of sp³-hybridized carbons (Fsp3) is 0.167. The molecule has 3 heteroatoms. The molecule has 21 heavy (non-hydrogen) atoms. The minimum absolute atomic E-state index is 0.132. The molecule has 3 aromatic rings. The molecule has 1 aliphatic rings. The highest BCUT2D eigenvalue weighted by Crippen LogP contribution is 2.37. The number of hydrogen-bond acceptors (Lipinski definition) is 3. The van der Waals surface area contributed by atoms with Crippen molar-refractivity contribution in [2.24, 2.45) is 0 Å². The molecular formula is C18H15NOS. The summed E-state index contributed by atoms with van der Waals surface area (Å²) in [6.07, 6.45) is 0.993. The molecule has 0 N–H and O–H groups in total. The Kier molecular flexibility index (Phi) is 2.82. The summed E-state index contributed by atoms with van der Waals surface area (Å²) in [5, 5.41) is 2.82. The van der Waals surface area contributed by atoms with Crippen LogP contribution in [0.5, 0.6) is 0 Å². The maximum Gasteiger partial charge on any atom is 0.211 e. The molecule has 0 fully saturated rings. The maximum absolute atomic E-state index is 12.8. The van der Waals surface area contributed by atoms with E-state index in [1.165, 1.54) is 11.3 Å². The standard InChI is InChI=1S/C18H15NOS/c1-12-10-13-6-2-4-8-15(13)19(12)16-11-21-17-9-5-3-7-14(17)18(16)20/h2-9,11-12H,10H2,1H3. The fourth-order valence-electron chi connectivity index (χ4n) is 3.17. The molecule has 0 bridgehead atoms. The number of fused-ring (bicyclic) bond motifs is 2. The summed E-state index contributed by atoms with van der Waals surface area (Å²) >= 11 is 1.64. The summed E-state index contributed by atoms with van der Waals surface area (Å²) in [6, 6.07) is 16.5. The molecule has 2 aromatic carbocycles. The summed E-state index contributed by atoms with van der Waals surface area (Å²) in [5.41, 5.74) is 3.43. The van der Waals surface area contributed by atoms with Crippen LogP contribution < -0.4 is 10.3 Å². The van der Waals surface area contributed by atoms with E-state index in [1.807, 2.05) is 35.7 Å². The van der Waals surface area contributed by atoms with E-state index >= 15 is 0 Å². The zero-order chi connectivity index (χ0) is 14.4. The smallest absolute Gasteiger partial charge is 0.211 e. The van der Waals surface area contributed by atoms with Crippen molar-refractivity contribution < 1.29 is 0 Å². The van der Waals surface area contributed by atoms with Crippen molar-refractivity contribution in [2.45, 2.75) is 19.4 Å². The molecule has 1 unspecified atom stereocenters. The van der Waals surface area contributed by atoms with Gasteiger partial charge in [-0.25, -0.2) is 0 Å². The van der Waals surface area contributed by atoms with E-state index in [9.17, 15) is 4.79 Å². The summed E-state index contributed by atoms with van der Waals surface area (Å²) in [6.45, 7) is 2.18. The Morgan fingerprint density at radius 1 is 1.05 bits per heavy atom. The van der Waals surface area contributed by atoms with Crippen molar-refractivity contribution in [2.75, 3.05) is 4.90 Å². The zero-order valence-corrected chi connectivity index (χ0v) is 12.6.